The number of halogens is 3. The molecular weight excluding hydrogens is 292 g/mol. The number of benzene rings is 1. The first-order chi connectivity index (χ1) is 7.99. The fourth-order valence-corrected chi connectivity index (χ4v) is 2.07. The predicted molar refractivity (Wildman–Crippen MR) is 66.2 cm³/mol. The molecule has 0 spiro atoms. The Morgan fingerprint density at radius 2 is 2.18 bits per heavy atom. The van der Waals surface area contributed by atoms with E-state index in [9.17, 15) is 13.6 Å². The molecule has 0 heterocycles. The van der Waals surface area contributed by atoms with Crippen molar-refractivity contribution in [2.75, 3.05) is 6.54 Å². The number of hydrogen-bond donors (Lipinski definition) is 1. The largest absolute Gasteiger partial charge is 0.350 e. The first-order valence-electron chi connectivity index (χ1n) is 5.29. The number of aryl methyl sites for hydroxylation is 2. The fraction of sp³-hybridized carbons (Fsp3) is 0.417. The van der Waals surface area contributed by atoms with E-state index in [4.69, 9.17) is 0 Å². The predicted octanol–water partition coefficient (Wildman–Crippen LogP) is 3.07. The van der Waals surface area contributed by atoms with Gasteiger partial charge in [-0.2, -0.15) is 0 Å². The topological polar surface area (TPSA) is 29.1 Å². The van der Waals surface area contributed by atoms with E-state index in [1.807, 2.05) is 25.1 Å². The third-order valence-corrected chi connectivity index (χ3v) is 3.02. The first-order valence-corrected chi connectivity index (χ1v) is 6.08. The molecule has 0 aliphatic rings. The average Bonchev–Trinajstić information content (AvgIpc) is 2.25. The van der Waals surface area contributed by atoms with Crippen molar-refractivity contribution in [1.29, 1.82) is 0 Å². The third-order valence-electron chi connectivity index (χ3n) is 2.28. The molecule has 1 rings (SSSR count). The summed E-state index contributed by atoms with van der Waals surface area (Å²) in [6, 6.07) is 5.85. The Labute approximate surface area is 108 Å². The van der Waals surface area contributed by atoms with Crippen molar-refractivity contribution >= 4 is 21.8 Å². The summed E-state index contributed by atoms with van der Waals surface area (Å²) < 4.78 is 24.6. The Bertz CT molecular complexity index is 396. The van der Waals surface area contributed by atoms with E-state index < -0.39 is 13.0 Å². The second-order valence-corrected chi connectivity index (χ2v) is 4.64. The summed E-state index contributed by atoms with van der Waals surface area (Å²) in [5.41, 5.74) is 2.13. The average molecular weight is 306 g/mol. The van der Waals surface area contributed by atoms with Crippen molar-refractivity contribution in [1.82, 2.24) is 5.32 Å². The van der Waals surface area contributed by atoms with E-state index in [-0.39, 0.29) is 12.3 Å². The van der Waals surface area contributed by atoms with Crippen molar-refractivity contribution in [2.45, 2.75) is 26.2 Å². The molecule has 94 valence electrons. The van der Waals surface area contributed by atoms with Crippen LogP contribution >= 0.6 is 15.9 Å². The van der Waals surface area contributed by atoms with E-state index in [0.29, 0.717) is 6.42 Å². The van der Waals surface area contributed by atoms with Crippen LogP contribution in [0.3, 0.4) is 0 Å². The highest BCUT2D eigenvalue weighted by atomic mass is 79.9. The van der Waals surface area contributed by atoms with Crippen LogP contribution in [0.4, 0.5) is 8.78 Å². The molecule has 0 unspecified atom stereocenters. The molecule has 1 N–H and O–H groups in total. The highest BCUT2D eigenvalue weighted by Crippen LogP contribution is 2.19. The van der Waals surface area contributed by atoms with Gasteiger partial charge in [0, 0.05) is 10.9 Å². The number of carbonyl (C=O) groups excluding carboxylic acids is 1. The first kappa shape index (κ1) is 14.1. The maximum atomic E-state index is 11.8. The lowest BCUT2D eigenvalue weighted by molar-refractivity contribution is -0.121. The number of alkyl halides is 2. The van der Waals surface area contributed by atoms with Crippen molar-refractivity contribution in [3.8, 4) is 0 Å². The van der Waals surface area contributed by atoms with Gasteiger partial charge in [0.05, 0.1) is 6.54 Å². The smallest absolute Gasteiger partial charge is 0.255 e. The van der Waals surface area contributed by atoms with Gasteiger partial charge in [0.15, 0.2) is 0 Å². The lowest BCUT2D eigenvalue weighted by atomic mass is 10.1. The molecule has 0 aromatic heterocycles. The molecular formula is C12H14BrF2NO. The van der Waals surface area contributed by atoms with Gasteiger partial charge in [0.25, 0.3) is 6.43 Å². The zero-order valence-electron chi connectivity index (χ0n) is 9.47. The van der Waals surface area contributed by atoms with E-state index in [1.54, 1.807) is 0 Å². The van der Waals surface area contributed by atoms with Gasteiger partial charge in [-0.05, 0) is 30.5 Å². The Hall–Kier alpha value is -0.970. The molecule has 0 bridgehead atoms. The van der Waals surface area contributed by atoms with Crippen molar-refractivity contribution in [3.05, 3.63) is 33.8 Å². The van der Waals surface area contributed by atoms with Crippen LogP contribution < -0.4 is 5.32 Å². The summed E-state index contributed by atoms with van der Waals surface area (Å²) in [4.78, 5) is 11.2. The van der Waals surface area contributed by atoms with Crippen LogP contribution in [0, 0.1) is 6.92 Å². The molecule has 0 saturated carbocycles. The molecule has 0 radical (unpaired) electrons. The molecule has 1 aromatic rings. The molecule has 0 saturated heterocycles. The summed E-state index contributed by atoms with van der Waals surface area (Å²) in [5.74, 6) is -0.349. The highest BCUT2D eigenvalue weighted by Gasteiger charge is 2.07. The molecule has 0 aliphatic heterocycles. The zero-order chi connectivity index (χ0) is 12.8. The van der Waals surface area contributed by atoms with Gasteiger partial charge in [-0.25, -0.2) is 8.78 Å². The monoisotopic (exact) mass is 305 g/mol. The van der Waals surface area contributed by atoms with E-state index in [0.717, 1.165) is 15.6 Å². The van der Waals surface area contributed by atoms with Gasteiger partial charge >= 0.3 is 0 Å². The summed E-state index contributed by atoms with van der Waals surface area (Å²) in [6.45, 7) is 1.40. The lowest BCUT2D eigenvalue weighted by Gasteiger charge is -2.06. The standard InChI is InChI=1S/C12H14BrF2NO/c1-8-2-3-9(10(13)6-8)4-5-12(17)16-7-11(14)15/h2-3,6,11H,4-5,7H2,1H3,(H,16,17). The summed E-state index contributed by atoms with van der Waals surface area (Å²) in [7, 11) is 0. The number of hydrogen-bond acceptors (Lipinski definition) is 1. The number of nitrogens with one attached hydrogen (secondary N) is 1. The van der Waals surface area contributed by atoms with Crippen molar-refractivity contribution < 1.29 is 13.6 Å². The van der Waals surface area contributed by atoms with E-state index in [1.165, 1.54) is 0 Å². The zero-order valence-corrected chi connectivity index (χ0v) is 11.1. The van der Waals surface area contributed by atoms with Gasteiger partial charge in [-0.1, -0.05) is 28.1 Å². The van der Waals surface area contributed by atoms with E-state index in [2.05, 4.69) is 21.2 Å². The summed E-state index contributed by atoms with van der Waals surface area (Å²) >= 11 is 3.41. The normalized spacial score (nSPS) is 10.6. The Balaban J connectivity index is 2.42. The quantitative estimate of drug-likeness (QED) is 0.890. The molecule has 0 aliphatic carbocycles. The van der Waals surface area contributed by atoms with Gasteiger partial charge in [0.1, 0.15) is 0 Å². The van der Waals surface area contributed by atoms with Crippen molar-refractivity contribution in [3.63, 3.8) is 0 Å². The van der Waals surface area contributed by atoms with Crippen LogP contribution in [0.15, 0.2) is 22.7 Å². The highest BCUT2D eigenvalue weighted by molar-refractivity contribution is 9.10. The van der Waals surface area contributed by atoms with Gasteiger partial charge in [-0.3, -0.25) is 4.79 Å². The van der Waals surface area contributed by atoms with Gasteiger partial charge < -0.3 is 5.32 Å². The molecule has 1 amide bonds. The minimum Gasteiger partial charge on any atom is -0.350 e. The molecule has 17 heavy (non-hydrogen) atoms. The molecule has 1 aromatic carbocycles. The maximum absolute atomic E-state index is 11.8. The Kier molecular flexibility index (Phi) is 5.55. The van der Waals surface area contributed by atoms with Gasteiger partial charge in [0.2, 0.25) is 5.91 Å². The summed E-state index contributed by atoms with van der Waals surface area (Å²) in [5, 5.41) is 2.18. The second-order valence-electron chi connectivity index (χ2n) is 3.79. The van der Waals surface area contributed by atoms with Crippen LogP contribution in [0.2, 0.25) is 0 Å². The molecule has 5 heteroatoms. The van der Waals surface area contributed by atoms with Crippen molar-refractivity contribution in [2.24, 2.45) is 0 Å². The molecule has 0 atom stereocenters. The number of rotatable bonds is 5. The summed E-state index contributed by atoms with van der Waals surface area (Å²) in [6.07, 6.45) is -1.74. The molecule has 2 nitrogen and oxygen atoms in total. The molecule has 0 fully saturated rings. The van der Waals surface area contributed by atoms with E-state index >= 15 is 0 Å². The minimum absolute atomic E-state index is 0.217. The van der Waals surface area contributed by atoms with Gasteiger partial charge in [-0.15, -0.1) is 0 Å². The fourth-order valence-electron chi connectivity index (χ4n) is 1.38. The Morgan fingerprint density at radius 1 is 1.47 bits per heavy atom. The van der Waals surface area contributed by atoms with Crippen LogP contribution in [-0.2, 0) is 11.2 Å². The number of carbonyl (C=O) groups is 1. The maximum Gasteiger partial charge on any atom is 0.255 e. The number of amides is 1. The van der Waals surface area contributed by atoms with Crippen LogP contribution in [0.1, 0.15) is 17.5 Å². The SMILES string of the molecule is Cc1ccc(CCC(=O)NCC(F)F)c(Br)c1. The Morgan fingerprint density at radius 3 is 2.76 bits per heavy atom. The minimum atomic E-state index is -2.50. The van der Waals surface area contributed by atoms with Crippen LogP contribution in [0.25, 0.3) is 0 Å². The van der Waals surface area contributed by atoms with Crippen LogP contribution in [0.5, 0.6) is 0 Å². The lowest BCUT2D eigenvalue weighted by Crippen LogP contribution is -2.28. The second kappa shape index (κ2) is 6.69. The third kappa shape index (κ3) is 5.26. The van der Waals surface area contributed by atoms with Crippen LogP contribution in [-0.4, -0.2) is 18.9 Å².